The van der Waals surface area contributed by atoms with Crippen molar-refractivity contribution < 1.29 is 13.9 Å². The first kappa shape index (κ1) is 20.0. The van der Waals surface area contributed by atoms with Gasteiger partial charge in [-0.05, 0) is 44.4 Å². The summed E-state index contributed by atoms with van der Waals surface area (Å²) >= 11 is 3.05. The molecule has 1 saturated carbocycles. The average Bonchev–Trinajstić information content (AvgIpc) is 3.34. The molecule has 0 unspecified atom stereocenters. The number of fused-ring (bicyclic) bond motifs is 2. The SMILES string of the molecule is Cc1sc2nc(SCc3cc(F)cc4c3OCOC4)n(C3CCCC3)c(=O)c2c1C. The Morgan fingerprint density at radius 2 is 2.10 bits per heavy atom. The molecule has 3 heterocycles. The summed E-state index contributed by atoms with van der Waals surface area (Å²) in [5, 5.41) is 1.46. The summed E-state index contributed by atoms with van der Waals surface area (Å²) in [5.74, 6) is 0.863. The highest BCUT2D eigenvalue weighted by Gasteiger charge is 2.25. The smallest absolute Gasteiger partial charge is 0.263 e. The van der Waals surface area contributed by atoms with Gasteiger partial charge in [0.2, 0.25) is 0 Å². The molecule has 0 N–H and O–H groups in total. The number of nitrogens with zero attached hydrogens (tertiary/aromatic N) is 2. The van der Waals surface area contributed by atoms with E-state index in [1.54, 1.807) is 11.3 Å². The zero-order chi connectivity index (χ0) is 20.8. The molecule has 1 aliphatic carbocycles. The third kappa shape index (κ3) is 3.44. The Hall–Kier alpha value is -1.90. The van der Waals surface area contributed by atoms with Crippen LogP contribution in [0.5, 0.6) is 5.75 Å². The van der Waals surface area contributed by atoms with Crippen molar-refractivity contribution in [3.63, 3.8) is 0 Å². The van der Waals surface area contributed by atoms with Crippen LogP contribution < -0.4 is 10.3 Å². The third-order valence-electron chi connectivity index (χ3n) is 6.00. The van der Waals surface area contributed by atoms with Crippen molar-refractivity contribution in [3.8, 4) is 5.75 Å². The summed E-state index contributed by atoms with van der Waals surface area (Å²) in [6.45, 7) is 4.55. The summed E-state index contributed by atoms with van der Waals surface area (Å²) in [6, 6.07) is 3.15. The zero-order valence-electron chi connectivity index (χ0n) is 17.0. The molecule has 0 radical (unpaired) electrons. The Morgan fingerprint density at radius 3 is 2.90 bits per heavy atom. The van der Waals surface area contributed by atoms with Crippen LogP contribution in [-0.4, -0.2) is 16.3 Å². The maximum Gasteiger partial charge on any atom is 0.263 e. The number of hydrogen-bond acceptors (Lipinski definition) is 6. The fraction of sp³-hybridized carbons (Fsp3) is 0.455. The molecule has 5 nitrogen and oxygen atoms in total. The molecule has 8 heteroatoms. The van der Waals surface area contributed by atoms with Gasteiger partial charge < -0.3 is 9.47 Å². The van der Waals surface area contributed by atoms with Gasteiger partial charge in [0.1, 0.15) is 16.4 Å². The maximum atomic E-state index is 14.1. The minimum atomic E-state index is -0.306. The lowest BCUT2D eigenvalue weighted by atomic mass is 10.1. The molecule has 3 aromatic rings. The van der Waals surface area contributed by atoms with Crippen molar-refractivity contribution in [3.05, 3.63) is 49.9 Å². The molecule has 2 aromatic heterocycles. The van der Waals surface area contributed by atoms with Gasteiger partial charge in [0.15, 0.2) is 11.9 Å². The Labute approximate surface area is 182 Å². The highest BCUT2D eigenvalue weighted by Crippen LogP contribution is 2.37. The largest absolute Gasteiger partial charge is 0.467 e. The molecule has 0 spiro atoms. The van der Waals surface area contributed by atoms with Crippen LogP contribution in [0.3, 0.4) is 0 Å². The lowest BCUT2D eigenvalue weighted by molar-refractivity contribution is -0.0171. The highest BCUT2D eigenvalue weighted by atomic mass is 32.2. The van der Waals surface area contributed by atoms with Crippen molar-refractivity contribution >= 4 is 33.3 Å². The Balaban J connectivity index is 1.57. The first-order chi connectivity index (χ1) is 14.5. The van der Waals surface area contributed by atoms with Gasteiger partial charge in [-0.2, -0.15) is 0 Å². The van der Waals surface area contributed by atoms with Crippen LogP contribution in [-0.2, 0) is 17.1 Å². The van der Waals surface area contributed by atoms with Gasteiger partial charge in [-0.1, -0.05) is 24.6 Å². The average molecular weight is 447 g/mol. The first-order valence-electron chi connectivity index (χ1n) is 10.2. The van der Waals surface area contributed by atoms with E-state index in [1.165, 1.54) is 23.9 Å². The second kappa shape index (κ2) is 7.98. The molecule has 0 bridgehead atoms. The van der Waals surface area contributed by atoms with Gasteiger partial charge in [0.05, 0.1) is 12.0 Å². The van der Waals surface area contributed by atoms with Crippen LogP contribution in [0.1, 0.15) is 53.3 Å². The van der Waals surface area contributed by atoms with Crippen molar-refractivity contribution in [1.82, 2.24) is 9.55 Å². The molecule has 1 fully saturated rings. The second-order valence-electron chi connectivity index (χ2n) is 7.92. The molecule has 30 heavy (non-hydrogen) atoms. The summed E-state index contributed by atoms with van der Waals surface area (Å²) in [7, 11) is 0. The van der Waals surface area contributed by atoms with Crippen molar-refractivity contribution in [2.24, 2.45) is 0 Å². The number of aryl methyl sites for hydroxylation is 2. The third-order valence-corrected chi connectivity index (χ3v) is 8.10. The van der Waals surface area contributed by atoms with Crippen LogP contribution in [0.25, 0.3) is 10.2 Å². The van der Waals surface area contributed by atoms with Gasteiger partial charge >= 0.3 is 0 Å². The predicted molar refractivity (Wildman–Crippen MR) is 117 cm³/mol. The molecule has 1 aromatic carbocycles. The number of ether oxygens (including phenoxy) is 2. The van der Waals surface area contributed by atoms with Gasteiger partial charge in [-0.15, -0.1) is 11.3 Å². The van der Waals surface area contributed by atoms with E-state index >= 15 is 0 Å². The van der Waals surface area contributed by atoms with Crippen LogP contribution in [0, 0.1) is 19.7 Å². The molecule has 0 amide bonds. The topological polar surface area (TPSA) is 53.4 Å². The highest BCUT2D eigenvalue weighted by molar-refractivity contribution is 7.98. The quantitative estimate of drug-likeness (QED) is 0.392. The normalized spacial score (nSPS) is 16.8. The lowest BCUT2D eigenvalue weighted by Gasteiger charge is -2.21. The molecule has 0 atom stereocenters. The minimum Gasteiger partial charge on any atom is -0.467 e. The summed E-state index contributed by atoms with van der Waals surface area (Å²) < 4.78 is 27.0. The maximum absolute atomic E-state index is 14.1. The molecular formula is C22H23FN2O3S2. The monoisotopic (exact) mass is 446 g/mol. The summed E-state index contributed by atoms with van der Waals surface area (Å²) in [6.07, 6.45) is 4.26. The number of hydrogen-bond donors (Lipinski definition) is 0. The molecule has 2 aliphatic rings. The number of rotatable bonds is 4. The number of halogens is 1. The van der Waals surface area contributed by atoms with Crippen molar-refractivity contribution in [1.29, 1.82) is 0 Å². The first-order valence-corrected chi connectivity index (χ1v) is 12.0. The number of thioether (sulfide) groups is 1. The van der Waals surface area contributed by atoms with Crippen molar-refractivity contribution in [2.45, 2.75) is 63.1 Å². The van der Waals surface area contributed by atoms with Gasteiger partial charge in [-0.3, -0.25) is 9.36 Å². The molecule has 1 aliphatic heterocycles. The van der Waals surface area contributed by atoms with Crippen LogP contribution in [0.15, 0.2) is 22.1 Å². The van der Waals surface area contributed by atoms with Crippen LogP contribution >= 0.6 is 23.1 Å². The van der Waals surface area contributed by atoms with Crippen LogP contribution in [0.2, 0.25) is 0 Å². The van der Waals surface area contributed by atoms with E-state index in [1.807, 2.05) is 18.4 Å². The lowest BCUT2D eigenvalue weighted by Crippen LogP contribution is -2.26. The molecule has 5 rings (SSSR count). The standard InChI is InChI=1S/C22H23FN2O3S2/c1-12-13(2)30-20-18(12)21(26)25(17-5-3-4-6-17)22(24-20)29-10-15-8-16(23)7-14-9-27-11-28-19(14)15/h7-8,17H,3-6,9-11H2,1-2H3. The summed E-state index contributed by atoms with van der Waals surface area (Å²) in [5.41, 5.74) is 2.58. The fourth-order valence-corrected chi connectivity index (χ4v) is 6.48. The second-order valence-corrected chi connectivity index (χ2v) is 10.1. The number of aromatic nitrogens is 2. The Bertz CT molecular complexity index is 1180. The van der Waals surface area contributed by atoms with E-state index < -0.39 is 0 Å². The minimum absolute atomic E-state index is 0.0576. The van der Waals surface area contributed by atoms with E-state index in [4.69, 9.17) is 14.5 Å². The number of thiophene rings is 1. The van der Waals surface area contributed by atoms with Gasteiger partial charge in [-0.25, -0.2) is 9.37 Å². The summed E-state index contributed by atoms with van der Waals surface area (Å²) in [4.78, 5) is 20.3. The van der Waals surface area contributed by atoms with E-state index in [0.717, 1.165) is 57.5 Å². The number of benzene rings is 1. The van der Waals surface area contributed by atoms with E-state index in [2.05, 4.69) is 0 Å². The molecule has 0 saturated heterocycles. The van der Waals surface area contributed by atoms with Crippen molar-refractivity contribution in [2.75, 3.05) is 6.79 Å². The van der Waals surface area contributed by atoms with Crippen LogP contribution in [0.4, 0.5) is 4.39 Å². The Morgan fingerprint density at radius 1 is 1.30 bits per heavy atom. The Kier molecular flexibility index (Phi) is 5.33. The predicted octanol–water partition coefficient (Wildman–Crippen LogP) is 5.49. The van der Waals surface area contributed by atoms with E-state index in [9.17, 15) is 9.18 Å². The zero-order valence-corrected chi connectivity index (χ0v) is 18.6. The van der Waals surface area contributed by atoms with E-state index in [0.29, 0.717) is 23.3 Å². The molecular weight excluding hydrogens is 423 g/mol. The molecule has 158 valence electrons. The fourth-order valence-electron chi connectivity index (χ4n) is 4.38. The van der Waals surface area contributed by atoms with Gasteiger partial charge in [0, 0.05) is 27.8 Å². The van der Waals surface area contributed by atoms with Gasteiger partial charge in [0.25, 0.3) is 5.56 Å². The van der Waals surface area contributed by atoms with E-state index in [-0.39, 0.29) is 24.2 Å².